The first-order valence-electron chi connectivity index (χ1n) is 11.8. The summed E-state index contributed by atoms with van der Waals surface area (Å²) in [7, 11) is 1.76. The first-order chi connectivity index (χ1) is 17.4. The molecule has 1 fully saturated rings. The second-order valence-corrected chi connectivity index (χ2v) is 11.9. The number of nitrogens with one attached hydrogen (secondary N) is 2. The van der Waals surface area contributed by atoms with Crippen LogP contribution in [-0.4, -0.2) is 43.1 Å². The van der Waals surface area contributed by atoms with Crippen LogP contribution in [0.4, 0.5) is 0 Å². The van der Waals surface area contributed by atoms with E-state index in [9.17, 15) is 9.59 Å². The van der Waals surface area contributed by atoms with Gasteiger partial charge in [-0.05, 0) is 31.9 Å². The average molecular weight is 544 g/mol. The van der Waals surface area contributed by atoms with Crippen molar-refractivity contribution in [3.63, 3.8) is 0 Å². The third-order valence-electron chi connectivity index (χ3n) is 6.70. The standard InChI is InChI=1S/C24H26ClN7O2S2/c1-14(31-22(34)19-15-10-30-32(2)20(15)29-13-28-19)23-26-11-16(35-23)21(33)27-12-24(8-4-3-5-9-24)17-6-7-18(25)36-17/h6-7,10-11,13-14H,3-5,8-9,12H2,1-2H3,(H,27,33)(H,31,34). The van der Waals surface area contributed by atoms with Crippen molar-refractivity contribution in [3.8, 4) is 0 Å². The van der Waals surface area contributed by atoms with Crippen LogP contribution in [0, 0.1) is 0 Å². The van der Waals surface area contributed by atoms with Crippen LogP contribution < -0.4 is 10.6 Å². The van der Waals surface area contributed by atoms with Crippen molar-refractivity contribution in [1.29, 1.82) is 0 Å². The second kappa shape index (κ2) is 10.2. The highest BCUT2D eigenvalue weighted by molar-refractivity contribution is 7.16. The van der Waals surface area contributed by atoms with E-state index in [2.05, 4.69) is 36.8 Å². The summed E-state index contributed by atoms with van der Waals surface area (Å²) < 4.78 is 2.36. The third-order valence-corrected chi connectivity index (χ3v) is 9.36. The van der Waals surface area contributed by atoms with Crippen molar-refractivity contribution in [3.05, 3.63) is 55.6 Å². The fraction of sp³-hybridized carbons (Fsp3) is 0.417. The number of thiazole rings is 1. The van der Waals surface area contributed by atoms with Crippen molar-refractivity contribution in [2.24, 2.45) is 7.05 Å². The van der Waals surface area contributed by atoms with Crippen molar-refractivity contribution < 1.29 is 9.59 Å². The van der Waals surface area contributed by atoms with Gasteiger partial charge in [-0.3, -0.25) is 14.3 Å². The van der Waals surface area contributed by atoms with Crippen LogP contribution >= 0.6 is 34.3 Å². The first-order valence-corrected chi connectivity index (χ1v) is 13.8. The molecular weight excluding hydrogens is 518 g/mol. The van der Waals surface area contributed by atoms with Crippen LogP contribution in [0.15, 0.2) is 30.9 Å². The molecule has 2 N–H and O–H groups in total. The van der Waals surface area contributed by atoms with Crippen LogP contribution in [0.1, 0.15) is 75.1 Å². The maximum atomic E-state index is 13.0. The lowest BCUT2D eigenvalue weighted by molar-refractivity contribution is 0.0930. The predicted octanol–water partition coefficient (Wildman–Crippen LogP) is 4.66. The van der Waals surface area contributed by atoms with Gasteiger partial charge < -0.3 is 10.6 Å². The Hall–Kier alpha value is -2.89. The molecule has 4 aromatic rings. The van der Waals surface area contributed by atoms with Crippen molar-refractivity contribution in [2.75, 3.05) is 6.54 Å². The summed E-state index contributed by atoms with van der Waals surface area (Å²) in [6, 6.07) is 3.63. The molecule has 0 saturated heterocycles. The number of fused-ring (bicyclic) bond motifs is 1. The SMILES string of the molecule is CC(NC(=O)c1ncnc2c1cnn2C)c1ncc(C(=O)NCC2(c3ccc(Cl)s3)CCCCC2)s1. The summed E-state index contributed by atoms with van der Waals surface area (Å²) in [6.07, 6.45) is 10.1. The molecule has 0 radical (unpaired) electrons. The monoisotopic (exact) mass is 543 g/mol. The van der Waals surface area contributed by atoms with Gasteiger partial charge in [-0.1, -0.05) is 30.9 Å². The largest absolute Gasteiger partial charge is 0.350 e. The summed E-state index contributed by atoms with van der Waals surface area (Å²) >= 11 is 9.10. The second-order valence-electron chi connectivity index (χ2n) is 9.11. The zero-order valence-corrected chi connectivity index (χ0v) is 22.3. The molecule has 0 aliphatic heterocycles. The van der Waals surface area contributed by atoms with Crippen LogP contribution in [0.3, 0.4) is 0 Å². The van der Waals surface area contributed by atoms with Crippen LogP contribution in [0.2, 0.25) is 4.34 Å². The first kappa shape index (κ1) is 24.8. The molecule has 188 valence electrons. The molecule has 5 rings (SSSR count). The predicted molar refractivity (Wildman–Crippen MR) is 141 cm³/mol. The maximum absolute atomic E-state index is 13.0. The molecule has 0 aromatic carbocycles. The number of aromatic nitrogens is 5. The molecule has 1 unspecified atom stereocenters. The van der Waals surface area contributed by atoms with E-state index >= 15 is 0 Å². The Kier molecular flexibility index (Phi) is 7.05. The fourth-order valence-corrected chi connectivity index (χ4v) is 6.86. The van der Waals surface area contributed by atoms with Gasteiger partial charge in [0.15, 0.2) is 5.65 Å². The molecule has 0 bridgehead atoms. The normalized spacial score (nSPS) is 16.1. The van der Waals surface area contributed by atoms with E-state index in [4.69, 9.17) is 11.6 Å². The Morgan fingerprint density at radius 2 is 1.92 bits per heavy atom. The van der Waals surface area contributed by atoms with E-state index in [1.165, 1.54) is 29.0 Å². The number of carbonyl (C=O) groups is 2. The lowest BCUT2D eigenvalue weighted by atomic mass is 9.73. The zero-order chi connectivity index (χ0) is 25.3. The van der Waals surface area contributed by atoms with Crippen LogP contribution in [0.5, 0.6) is 0 Å². The topological polar surface area (TPSA) is 115 Å². The maximum Gasteiger partial charge on any atom is 0.271 e. The molecule has 1 aliphatic rings. The fourth-order valence-electron chi connectivity index (χ4n) is 4.74. The van der Waals surface area contributed by atoms with Crippen molar-refractivity contribution in [2.45, 2.75) is 50.5 Å². The molecular formula is C24H26ClN7O2S2. The van der Waals surface area contributed by atoms with Gasteiger partial charge in [-0.15, -0.1) is 22.7 Å². The Balaban J connectivity index is 1.25. The van der Waals surface area contributed by atoms with E-state index in [1.807, 2.05) is 13.0 Å². The Bertz CT molecular complexity index is 1410. The Labute approximate surface area is 221 Å². The highest BCUT2D eigenvalue weighted by Crippen LogP contribution is 2.43. The van der Waals surface area contributed by atoms with E-state index in [0.29, 0.717) is 27.5 Å². The lowest BCUT2D eigenvalue weighted by Gasteiger charge is -2.36. The molecule has 4 aromatic heterocycles. The number of thiophene rings is 1. The summed E-state index contributed by atoms with van der Waals surface area (Å²) in [6.45, 7) is 2.40. The molecule has 36 heavy (non-hydrogen) atoms. The number of hydrogen-bond donors (Lipinski definition) is 2. The average Bonchev–Trinajstić information content (AvgIpc) is 3.64. The van der Waals surface area contributed by atoms with E-state index < -0.39 is 6.04 Å². The number of nitrogens with zero attached hydrogens (tertiary/aromatic N) is 5. The van der Waals surface area contributed by atoms with Gasteiger partial charge in [0.1, 0.15) is 21.9 Å². The highest BCUT2D eigenvalue weighted by atomic mass is 35.5. The van der Waals surface area contributed by atoms with Gasteiger partial charge in [0.25, 0.3) is 11.8 Å². The van der Waals surface area contributed by atoms with Crippen molar-refractivity contribution in [1.82, 2.24) is 35.4 Å². The number of hydrogen-bond acceptors (Lipinski definition) is 8. The van der Waals surface area contributed by atoms with Gasteiger partial charge in [0, 0.05) is 23.9 Å². The smallest absolute Gasteiger partial charge is 0.271 e. The lowest BCUT2D eigenvalue weighted by Crippen LogP contribution is -2.41. The number of aryl methyl sites for hydroxylation is 1. The van der Waals surface area contributed by atoms with Crippen molar-refractivity contribution >= 4 is 57.1 Å². The molecule has 1 aliphatic carbocycles. The van der Waals surface area contributed by atoms with E-state index in [1.54, 1.807) is 35.5 Å². The summed E-state index contributed by atoms with van der Waals surface area (Å²) in [5, 5.41) is 11.4. The Morgan fingerprint density at radius 1 is 1.11 bits per heavy atom. The third kappa shape index (κ3) is 4.87. The summed E-state index contributed by atoms with van der Waals surface area (Å²) in [4.78, 5) is 40.4. The molecule has 0 spiro atoms. The zero-order valence-electron chi connectivity index (χ0n) is 20.0. The number of rotatable bonds is 7. The van der Waals surface area contributed by atoms with Gasteiger partial charge in [-0.25, -0.2) is 15.0 Å². The number of amides is 2. The van der Waals surface area contributed by atoms with Gasteiger partial charge in [0.05, 0.1) is 28.2 Å². The molecule has 1 saturated carbocycles. The van der Waals surface area contributed by atoms with Crippen LogP contribution in [-0.2, 0) is 12.5 Å². The summed E-state index contributed by atoms with van der Waals surface area (Å²) in [5.74, 6) is -0.504. The van der Waals surface area contributed by atoms with E-state index in [0.717, 1.165) is 30.0 Å². The highest BCUT2D eigenvalue weighted by Gasteiger charge is 2.36. The molecule has 1 atom stereocenters. The van der Waals surface area contributed by atoms with E-state index in [-0.39, 0.29) is 22.9 Å². The minimum absolute atomic E-state index is 0.0737. The molecule has 12 heteroatoms. The van der Waals surface area contributed by atoms with Crippen LogP contribution in [0.25, 0.3) is 11.0 Å². The minimum Gasteiger partial charge on any atom is -0.350 e. The van der Waals surface area contributed by atoms with Gasteiger partial charge in [-0.2, -0.15) is 5.10 Å². The number of carbonyl (C=O) groups excluding carboxylic acids is 2. The quantitative estimate of drug-likeness (QED) is 0.350. The number of halogens is 1. The van der Waals surface area contributed by atoms with Gasteiger partial charge >= 0.3 is 0 Å². The minimum atomic E-state index is -0.399. The molecule has 2 amide bonds. The molecule has 9 nitrogen and oxygen atoms in total. The Morgan fingerprint density at radius 3 is 2.67 bits per heavy atom. The van der Waals surface area contributed by atoms with Gasteiger partial charge in [0.2, 0.25) is 0 Å². The summed E-state index contributed by atoms with van der Waals surface area (Å²) in [5.41, 5.74) is 0.757. The molecule has 4 heterocycles.